The van der Waals surface area contributed by atoms with Crippen LogP contribution in [-0.2, 0) is 0 Å². The van der Waals surface area contributed by atoms with Gasteiger partial charge in [-0.2, -0.15) is 0 Å². The summed E-state index contributed by atoms with van der Waals surface area (Å²) in [5, 5.41) is 4.81. The molecule has 0 unspecified atom stereocenters. The molecule has 0 N–H and O–H groups in total. The number of aromatic nitrogens is 4. The molecule has 10 aromatic rings. The first-order valence-electron chi connectivity index (χ1n) is 16.7. The molecule has 50 heavy (non-hydrogen) atoms. The third kappa shape index (κ3) is 4.71. The summed E-state index contributed by atoms with van der Waals surface area (Å²) in [6.45, 7) is 0. The molecule has 0 spiro atoms. The summed E-state index contributed by atoms with van der Waals surface area (Å²) >= 11 is 1.81. The Balaban J connectivity index is 1.22. The van der Waals surface area contributed by atoms with Crippen LogP contribution in [0.4, 0.5) is 0 Å². The highest BCUT2D eigenvalue weighted by molar-refractivity contribution is 7.25. The molecule has 0 fully saturated rings. The summed E-state index contributed by atoms with van der Waals surface area (Å²) in [7, 11) is 0. The Bertz CT molecular complexity index is 2850. The van der Waals surface area contributed by atoms with Gasteiger partial charge in [-0.15, -0.1) is 11.3 Å². The van der Waals surface area contributed by atoms with E-state index >= 15 is 0 Å². The molecule has 0 bridgehead atoms. The van der Waals surface area contributed by atoms with E-state index in [9.17, 15) is 0 Å². The van der Waals surface area contributed by atoms with Gasteiger partial charge in [0.2, 0.25) is 0 Å². The highest BCUT2D eigenvalue weighted by atomic mass is 32.1. The number of nitrogens with zero attached hydrogens (tertiary/aromatic N) is 4. The fourth-order valence-corrected chi connectivity index (χ4v) is 8.19. The average molecular weight is 657 g/mol. The average Bonchev–Trinajstić information content (AvgIpc) is 3.74. The minimum absolute atomic E-state index is 0.637. The third-order valence-corrected chi connectivity index (χ3v) is 10.6. The molecular weight excluding hydrogens is 629 g/mol. The van der Waals surface area contributed by atoms with Gasteiger partial charge in [-0.05, 0) is 59.7 Å². The third-order valence-electron chi connectivity index (χ3n) is 9.47. The van der Waals surface area contributed by atoms with Gasteiger partial charge in [-0.1, -0.05) is 121 Å². The molecule has 0 aliphatic heterocycles. The summed E-state index contributed by atoms with van der Waals surface area (Å²) in [5.41, 5.74) is 8.48. The quantitative estimate of drug-likeness (QED) is 0.185. The van der Waals surface area contributed by atoms with Crippen LogP contribution in [0.1, 0.15) is 0 Å². The second-order valence-electron chi connectivity index (χ2n) is 12.4. The van der Waals surface area contributed by atoms with Gasteiger partial charge in [-0.3, -0.25) is 0 Å². The molecule has 4 nitrogen and oxygen atoms in total. The summed E-state index contributed by atoms with van der Waals surface area (Å²) in [4.78, 5) is 15.6. The summed E-state index contributed by atoms with van der Waals surface area (Å²) < 4.78 is 4.86. The van der Waals surface area contributed by atoms with Crippen LogP contribution in [0.15, 0.2) is 170 Å². The van der Waals surface area contributed by atoms with Crippen LogP contribution >= 0.6 is 11.3 Å². The highest BCUT2D eigenvalue weighted by Crippen LogP contribution is 2.39. The molecule has 5 heteroatoms. The topological polar surface area (TPSA) is 43.6 Å². The smallest absolute Gasteiger partial charge is 0.166 e. The van der Waals surface area contributed by atoms with Crippen molar-refractivity contribution in [2.75, 3.05) is 0 Å². The van der Waals surface area contributed by atoms with E-state index < -0.39 is 0 Å². The zero-order valence-corrected chi connectivity index (χ0v) is 27.7. The molecular formula is C45H28N4S. The predicted molar refractivity (Wildman–Crippen MR) is 209 cm³/mol. The standard InChI is InChI=1S/C45H28N4S/c1-3-12-29(13-4-1)30-22-24-31(25-23-30)43-46-44(32-26-27-41-38(28-32)35-17-8-10-21-40(35)50-41)48-45(47-43)37-19-11-18-36-34-16-7-9-20-39(34)49(42(36)37)33-14-5-2-6-15-33/h1-28H. The van der Waals surface area contributed by atoms with Gasteiger partial charge in [0.1, 0.15) is 0 Å². The normalized spacial score (nSPS) is 11.6. The molecule has 234 valence electrons. The summed E-state index contributed by atoms with van der Waals surface area (Å²) in [5.74, 6) is 1.92. The Morgan fingerprint density at radius 1 is 0.380 bits per heavy atom. The van der Waals surface area contributed by atoms with Crippen LogP contribution in [0.25, 0.3) is 93.0 Å². The van der Waals surface area contributed by atoms with Crippen molar-refractivity contribution >= 4 is 53.3 Å². The number of fused-ring (bicyclic) bond motifs is 6. The van der Waals surface area contributed by atoms with Gasteiger partial charge < -0.3 is 4.57 Å². The lowest BCUT2D eigenvalue weighted by atomic mass is 10.0. The predicted octanol–water partition coefficient (Wildman–Crippen LogP) is 12.0. The Kier molecular flexibility index (Phi) is 6.64. The van der Waals surface area contributed by atoms with Gasteiger partial charge in [0.25, 0.3) is 0 Å². The zero-order valence-electron chi connectivity index (χ0n) is 26.9. The minimum atomic E-state index is 0.637. The lowest BCUT2D eigenvalue weighted by Crippen LogP contribution is -2.02. The second kappa shape index (κ2) is 11.6. The van der Waals surface area contributed by atoms with Gasteiger partial charge in [0, 0.05) is 53.3 Å². The van der Waals surface area contributed by atoms with Crippen LogP contribution in [0, 0.1) is 0 Å². The van der Waals surface area contributed by atoms with Gasteiger partial charge in [0.05, 0.1) is 11.0 Å². The number of benzene rings is 7. The number of thiophene rings is 1. The zero-order chi connectivity index (χ0) is 33.0. The first-order valence-corrected chi connectivity index (χ1v) is 17.5. The van der Waals surface area contributed by atoms with Crippen molar-refractivity contribution in [2.24, 2.45) is 0 Å². The fourth-order valence-electron chi connectivity index (χ4n) is 7.11. The van der Waals surface area contributed by atoms with E-state index in [1.807, 2.05) is 17.4 Å². The number of para-hydroxylation sites is 3. The Morgan fingerprint density at radius 3 is 1.78 bits per heavy atom. The minimum Gasteiger partial charge on any atom is -0.309 e. The SMILES string of the molecule is c1ccc(-c2ccc(-c3nc(-c4ccc5sc6ccccc6c5c4)nc(-c4cccc5c6ccccc6n(-c6ccccc6)c45)n3)cc2)cc1. The molecule has 0 saturated carbocycles. The van der Waals surface area contributed by atoms with Crippen LogP contribution in [0.3, 0.4) is 0 Å². The summed E-state index contributed by atoms with van der Waals surface area (Å²) in [6, 6.07) is 59.7. The maximum absolute atomic E-state index is 5.26. The Morgan fingerprint density at radius 2 is 0.960 bits per heavy atom. The number of rotatable bonds is 5. The van der Waals surface area contributed by atoms with Crippen LogP contribution < -0.4 is 0 Å². The monoisotopic (exact) mass is 656 g/mol. The van der Waals surface area contributed by atoms with Gasteiger partial charge in [0.15, 0.2) is 17.5 Å². The first kappa shape index (κ1) is 28.6. The van der Waals surface area contributed by atoms with E-state index in [0.29, 0.717) is 17.5 Å². The molecule has 10 rings (SSSR count). The van der Waals surface area contributed by atoms with Crippen molar-refractivity contribution < 1.29 is 0 Å². The molecule has 0 saturated heterocycles. The van der Waals surface area contributed by atoms with Crippen molar-refractivity contribution in [1.82, 2.24) is 19.5 Å². The van der Waals surface area contributed by atoms with Gasteiger partial charge >= 0.3 is 0 Å². The van der Waals surface area contributed by atoms with Crippen LogP contribution in [0.2, 0.25) is 0 Å². The van der Waals surface area contributed by atoms with E-state index in [0.717, 1.165) is 44.4 Å². The van der Waals surface area contributed by atoms with E-state index in [4.69, 9.17) is 15.0 Å². The first-order chi connectivity index (χ1) is 24.8. The van der Waals surface area contributed by atoms with E-state index in [1.165, 1.54) is 31.1 Å². The molecule has 0 amide bonds. The van der Waals surface area contributed by atoms with E-state index in [-0.39, 0.29) is 0 Å². The van der Waals surface area contributed by atoms with Crippen LogP contribution in [0.5, 0.6) is 0 Å². The fraction of sp³-hybridized carbons (Fsp3) is 0. The van der Waals surface area contributed by atoms with E-state index in [2.05, 4.69) is 168 Å². The maximum atomic E-state index is 5.26. The van der Waals surface area contributed by atoms with Crippen molar-refractivity contribution in [3.05, 3.63) is 170 Å². The molecule has 3 aromatic heterocycles. The number of hydrogen-bond acceptors (Lipinski definition) is 4. The molecule has 3 heterocycles. The highest BCUT2D eigenvalue weighted by Gasteiger charge is 2.20. The lowest BCUT2D eigenvalue weighted by Gasteiger charge is -2.13. The maximum Gasteiger partial charge on any atom is 0.166 e. The summed E-state index contributed by atoms with van der Waals surface area (Å²) in [6.07, 6.45) is 0. The van der Waals surface area contributed by atoms with E-state index in [1.54, 1.807) is 0 Å². The van der Waals surface area contributed by atoms with Crippen molar-refractivity contribution in [3.8, 4) is 51.0 Å². The van der Waals surface area contributed by atoms with Crippen molar-refractivity contribution in [2.45, 2.75) is 0 Å². The molecule has 0 aliphatic rings. The molecule has 0 atom stereocenters. The Hall–Kier alpha value is -6.43. The van der Waals surface area contributed by atoms with Crippen molar-refractivity contribution in [1.29, 1.82) is 0 Å². The van der Waals surface area contributed by atoms with Crippen LogP contribution in [-0.4, -0.2) is 19.5 Å². The second-order valence-corrected chi connectivity index (χ2v) is 13.5. The lowest BCUT2D eigenvalue weighted by molar-refractivity contribution is 1.07. The van der Waals surface area contributed by atoms with Gasteiger partial charge in [-0.25, -0.2) is 15.0 Å². The largest absolute Gasteiger partial charge is 0.309 e. The molecule has 0 radical (unpaired) electrons. The molecule has 0 aliphatic carbocycles. The number of hydrogen-bond donors (Lipinski definition) is 0. The van der Waals surface area contributed by atoms with Crippen molar-refractivity contribution in [3.63, 3.8) is 0 Å². The Labute approximate surface area is 292 Å². The molecule has 7 aromatic carbocycles.